The molecule has 0 unspecified atom stereocenters. The Bertz CT molecular complexity index is 625. The molecule has 0 aromatic heterocycles. The Hall–Kier alpha value is -0.980. The van der Waals surface area contributed by atoms with Gasteiger partial charge in [-0.15, -0.1) is 0 Å². The Morgan fingerprint density at radius 1 is 1.33 bits per heavy atom. The smallest absolute Gasteiger partial charge is 0.241 e. The molecule has 1 aromatic carbocycles. The van der Waals surface area contributed by atoms with E-state index in [0.29, 0.717) is 12.1 Å². The van der Waals surface area contributed by atoms with E-state index in [0.717, 1.165) is 25.8 Å². The van der Waals surface area contributed by atoms with Crippen LogP contribution in [0, 0.1) is 12.7 Å². The van der Waals surface area contributed by atoms with Crippen LogP contribution in [0.1, 0.15) is 44.2 Å². The molecule has 0 amide bonds. The third-order valence-electron chi connectivity index (χ3n) is 3.78. The van der Waals surface area contributed by atoms with Gasteiger partial charge in [-0.2, -0.15) is 0 Å². The van der Waals surface area contributed by atoms with E-state index >= 15 is 0 Å². The first-order chi connectivity index (χ1) is 9.77. The zero-order valence-electron chi connectivity index (χ0n) is 12.8. The number of sulfonamides is 1. The minimum atomic E-state index is -3.68. The van der Waals surface area contributed by atoms with Crippen molar-refractivity contribution < 1.29 is 12.8 Å². The van der Waals surface area contributed by atoms with Crippen LogP contribution in [-0.4, -0.2) is 20.5 Å². The molecule has 1 aliphatic carbocycles. The van der Waals surface area contributed by atoms with Gasteiger partial charge < -0.3 is 5.32 Å². The summed E-state index contributed by atoms with van der Waals surface area (Å²) < 4.78 is 41.6. The standard InChI is InChI=1S/C15H23FN2O2S/c1-4-7-17-10-12-8-13(16)11(2)14(9-12)21(19,20)18-15(3)5-6-15/h8-9,17-18H,4-7,10H2,1-3H3. The van der Waals surface area contributed by atoms with E-state index in [1.807, 2.05) is 13.8 Å². The third-order valence-corrected chi connectivity index (χ3v) is 5.55. The molecule has 0 aliphatic heterocycles. The Kier molecular flexibility index (Phi) is 4.70. The third kappa shape index (κ3) is 4.02. The van der Waals surface area contributed by atoms with Crippen LogP contribution in [0.25, 0.3) is 0 Å². The highest BCUT2D eigenvalue weighted by Crippen LogP contribution is 2.36. The average Bonchev–Trinajstić information content (AvgIpc) is 3.10. The molecule has 1 saturated carbocycles. The molecule has 0 radical (unpaired) electrons. The summed E-state index contributed by atoms with van der Waals surface area (Å²) >= 11 is 0. The molecule has 0 spiro atoms. The normalized spacial score (nSPS) is 17.0. The molecule has 4 nitrogen and oxygen atoms in total. The molecule has 21 heavy (non-hydrogen) atoms. The van der Waals surface area contributed by atoms with E-state index in [-0.39, 0.29) is 16.0 Å². The summed E-state index contributed by atoms with van der Waals surface area (Å²) in [6, 6.07) is 2.96. The molecule has 1 fully saturated rings. The van der Waals surface area contributed by atoms with E-state index in [9.17, 15) is 12.8 Å². The zero-order valence-corrected chi connectivity index (χ0v) is 13.6. The molecule has 0 heterocycles. The second kappa shape index (κ2) is 6.02. The van der Waals surface area contributed by atoms with Gasteiger partial charge in [-0.1, -0.05) is 6.92 Å². The Morgan fingerprint density at radius 3 is 2.57 bits per heavy atom. The molecule has 1 aromatic rings. The minimum absolute atomic E-state index is 0.0453. The molecular formula is C15H23FN2O2S. The SMILES string of the molecule is CCCNCc1cc(F)c(C)c(S(=O)(=O)NC2(C)CC2)c1. The Balaban J connectivity index is 2.28. The summed E-state index contributed by atoms with van der Waals surface area (Å²) in [5.41, 5.74) is 0.456. The van der Waals surface area contributed by atoms with Crippen molar-refractivity contribution in [2.45, 2.75) is 57.0 Å². The van der Waals surface area contributed by atoms with Crippen molar-refractivity contribution in [3.63, 3.8) is 0 Å². The topological polar surface area (TPSA) is 58.2 Å². The Morgan fingerprint density at radius 2 is 2.00 bits per heavy atom. The lowest BCUT2D eigenvalue weighted by Gasteiger charge is -2.15. The summed E-state index contributed by atoms with van der Waals surface area (Å²) in [6.45, 7) is 6.68. The summed E-state index contributed by atoms with van der Waals surface area (Å²) in [6.07, 6.45) is 2.62. The first kappa shape index (κ1) is 16.4. The molecule has 0 atom stereocenters. The molecule has 0 saturated heterocycles. The van der Waals surface area contributed by atoms with E-state index in [1.165, 1.54) is 13.0 Å². The maximum absolute atomic E-state index is 14.0. The van der Waals surface area contributed by atoms with Gasteiger partial charge in [0, 0.05) is 17.6 Å². The highest BCUT2D eigenvalue weighted by atomic mass is 32.2. The second-order valence-electron chi connectivity index (χ2n) is 6.04. The van der Waals surface area contributed by atoms with Gasteiger partial charge in [-0.05, 0) is 57.4 Å². The molecule has 1 aliphatic rings. The molecule has 118 valence electrons. The fraction of sp³-hybridized carbons (Fsp3) is 0.600. The number of nitrogens with one attached hydrogen (secondary N) is 2. The predicted octanol–water partition coefficient (Wildman–Crippen LogP) is 2.46. The molecule has 6 heteroatoms. The molecular weight excluding hydrogens is 291 g/mol. The molecule has 0 bridgehead atoms. The highest BCUT2D eigenvalue weighted by molar-refractivity contribution is 7.89. The second-order valence-corrected chi connectivity index (χ2v) is 7.69. The first-order valence-electron chi connectivity index (χ1n) is 7.31. The number of halogens is 1. The van der Waals surface area contributed by atoms with E-state index in [1.54, 1.807) is 6.07 Å². The predicted molar refractivity (Wildman–Crippen MR) is 81.1 cm³/mol. The summed E-state index contributed by atoms with van der Waals surface area (Å²) in [5, 5.41) is 3.16. The van der Waals surface area contributed by atoms with E-state index in [4.69, 9.17) is 0 Å². The average molecular weight is 314 g/mol. The number of benzene rings is 1. The van der Waals surface area contributed by atoms with Gasteiger partial charge in [0.1, 0.15) is 5.82 Å². The van der Waals surface area contributed by atoms with Gasteiger partial charge in [0.2, 0.25) is 10.0 Å². The number of hydrogen-bond acceptors (Lipinski definition) is 3. The highest BCUT2D eigenvalue weighted by Gasteiger charge is 2.41. The fourth-order valence-electron chi connectivity index (χ4n) is 2.17. The van der Waals surface area contributed by atoms with Crippen molar-refractivity contribution >= 4 is 10.0 Å². The van der Waals surface area contributed by atoms with Crippen LogP contribution in [0.4, 0.5) is 4.39 Å². The van der Waals surface area contributed by atoms with Crippen LogP contribution in [0.5, 0.6) is 0 Å². The maximum atomic E-state index is 14.0. The lowest BCUT2D eigenvalue weighted by Crippen LogP contribution is -2.34. The summed E-state index contributed by atoms with van der Waals surface area (Å²) in [7, 11) is -3.68. The summed E-state index contributed by atoms with van der Waals surface area (Å²) in [5.74, 6) is -0.480. The van der Waals surface area contributed by atoms with Crippen LogP contribution >= 0.6 is 0 Å². The van der Waals surface area contributed by atoms with Gasteiger partial charge in [0.05, 0.1) is 4.90 Å². The number of rotatable bonds is 7. The van der Waals surface area contributed by atoms with Gasteiger partial charge in [0.25, 0.3) is 0 Å². The van der Waals surface area contributed by atoms with Gasteiger partial charge in [-0.3, -0.25) is 0 Å². The van der Waals surface area contributed by atoms with E-state index in [2.05, 4.69) is 10.0 Å². The van der Waals surface area contributed by atoms with Crippen molar-refractivity contribution in [2.75, 3.05) is 6.54 Å². The van der Waals surface area contributed by atoms with Crippen LogP contribution in [0.15, 0.2) is 17.0 Å². The van der Waals surface area contributed by atoms with Crippen molar-refractivity contribution in [3.8, 4) is 0 Å². The van der Waals surface area contributed by atoms with Crippen molar-refractivity contribution in [1.82, 2.24) is 10.0 Å². The lowest BCUT2D eigenvalue weighted by atomic mass is 10.1. The largest absolute Gasteiger partial charge is 0.313 e. The molecule has 2 rings (SSSR count). The molecule has 2 N–H and O–H groups in total. The maximum Gasteiger partial charge on any atom is 0.241 e. The van der Waals surface area contributed by atoms with Crippen LogP contribution in [-0.2, 0) is 16.6 Å². The first-order valence-corrected chi connectivity index (χ1v) is 8.79. The van der Waals surface area contributed by atoms with Gasteiger partial charge in [0.15, 0.2) is 0 Å². The quantitative estimate of drug-likeness (QED) is 0.760. The Labute approximate surface area is 126 Å². The number of hydrogen-bond donors (Lipinski definition) is 2. The van der Waals surface area contributed by atoms with E-state index < -0.39 is 15.8 Å². The van der Waals surface area contributed by atoms with Crippen molar-refractivity contribution in [3.05, 3.63) is 29.1 Å². The van der Waals surface area contributed by atoms with Gasteiger partial charge >= 0.3 is 0 Å². The fourth-order valence-corrected chi connectivity index (χ4v) is 3.94. The van der Waals surface area contributed by atoms with Crippen LogP contribution < -0.4 is 10.0 Å². The monoisotopic (exact) mass is 314 g/mol. The van der Waals surface area contributed by atoms with Crippen LogP contribution in [0.3, 0.4) is 0 Å². The van der Waals surface area contributed by atoms with Crippen molar-refractivity contribution in [2.24, 2.45) is 0 Å². The van der Waals surface area contributed by atoms with Crippen LogP contribution in [0.2, 0.25) is 0 Å². The zero-order chi connectivity index (χ0) is 15.7. The summed E-state index contributed by atoms with van der Waals surface area (Å²) in [4.78, 5) is 0.0453. The van der Waals surface area contributed by atoms with Gasteiger partial charge in [-0.25, -0.2) is 17.5 Å². The van der Waals surface area contributed by atoms with Crippen molar-refractivity contribution in [1.29, 1.82) is 0 Å². The minimum Gasteiger partial charge on any atom is -0.313 e. The lowest BCUT2D eigenvalue weighted by molar-refractivity contribution is 0.552.